The molecule has 0 unspecified atom stereocenters. The van der Waals surface area contributed by atoms with Gasteiger partial charge < -0.3 is 4.90 Å². The molecule has 0 heterocycles. The van der Waals surface area contributed by atoms with Gasteiger partial charge in [0.1, 0.15) is 0 Å². The van der Waals surface area contributed by atoms with E-state index in [-0.39, 0.29) is 11.9 Å². The molecule has 0 saturated heterocycles. The Labute approximate surface area is 132 Å². The average Bonchev–Trinajstić information content (AvgIpc) is 2.47. The second-order valence-corrected chi connectivity index (χ2v) is 7.86. The van der Waals surface area contributed by atoms with Crippen LogP contribution in [0.15, 0.2) is 18.2 Å². The highest BCUT2D eigenvalue weighted by atomic mass is 32.2. The van der Waals surface area contributed by atoms with Crippen molar-refractivity contribution in [1.29, 1.82) is 0 Å². The summed E-state index contributed by atoms with van der Waals surface area (Å²) in [5.41, 5.74) is 1.78. The maximum atomic E-state index is 12.6. The number of hydrogen-bond donors (Lipinski definition) is 1. The van der Waals surface area contributed by atoms with Gasteiger partial charge in [-0.3, -0.25) is 9.52 Å². The van der Waals surface area contributed by atoms with Gasteiger partial charge in [-0.05, 0) is 37.5 Å². The van der Waals surface area contributed by atoms with Gasteiger partial charge in [-0.2, -0.15) is 0 Å². The van der Waals surface area contributed by atoms with Crippen LogP contribution in [-0.4, -0.2) is 38.6 Å². The Kier molecular flexibility index (Phi) is 5.11. The van der Waals surface area contributed by atoms with Gasteiger partial charge in [0.25, 0.3) is 5.91 Å². The molecule has 2 rings (SSSR count). The summed E-state index contributed by atoms with van der Waals surface area (Å²) < 4.78 is 25.3. The smallest absolute Gasteiger partial charge is 0.253 e. The number of benzene rings is 1. The first kappa shape index (κ1) is 16.8. The van der Waals surface area contributed by atoms with Crippen LogP contribution in [0.5, 0.6) is 0 Å². The maximum Gasteiger partial charge on any atom is 0.253 e. The van der Waals surface area contributed by atoms with Crippen molar-refractivity contribution < 1.29 is 13.2 Å². The number of hydrogen-bond acceptors (Lipinski definition) is 3. The molecule has 22 heavy (non-hydrogen) atoms. The van der Waals surface area contributed by atoms with Crippen LogP contribution in [0.25, 0.3) is 0 Å². The Balaban J connectivity index is 2.20. The minimum absolute atomic E-state index is 0.0524. The van der Waals surface area contributed by atoms with Gasteiger partial charge in [0.05, 0.1) is 11.9 Å². The summed E-state index contributed by atoms with van der Waals surface area (Å²) >= 11 is 0. The molecule has 0 bridgehead atoms. The van der Waals surface area contributed by atoms with Crippen LogP contribution in [0.1, 0.15) is 48.0 Å². The Morgan fingerprint density at radius 2 is 1.86 bits per heavy atom. The summed E-state index contributed by atoms with van der Waals surface area (Å²) in [6.45, 7) is 1.81. The van der Waals surface area contributed by atoms with Crippen molar-refractivity contribution in [3.05, 3.63) is 29.3 Å². The van der Waals surface area contributed by atoms with Crippen LogP contribution in [-0.2, 0) is 10.0 Å². The zero-order chi connectivity index (χ0) is 16.3. The average molecular weight is 324 g/mol. The van der Waals surface area contributed by atoms with E-state index in [0.717, 1.165) is 37.5 Å². The van der Waals surface area contributed by atoms with E-state index >= 15 is 0 Å². The third kappa shape index (κ3) is 4.22. The van der Waals surface area contributed by atoms with Crippen molar-refractivity contribution in [3.8, 4) is 0 Å². The van der Waals surface area contributed by atoms with E-state index in [1.165, 1.54) is 6.42 Å². The van der Waals surface area contributed by atoms with E-state index in [0.29, 0.717) is 11.3 Å². The lowest BCUT2D eigenvalue weighted by molar-refractivity contribution is 0.0696. The van der Waals surface area contributed by atoms with E-state index in [4.69, 9.17) is 0 Å². The molecular weight excluding hydrogens is 300 g/mol. The minimum atomic E-state index is -3.36. The number of carbonyl (C=O) groups is 1. The number of sulfonamides is 1. The third-order valence-electron chi connectivity index (χ3n) is 4.22. The number of aryl methyl sites for hydroxylation is 1. The monoisotopic (exact) mass is 324 g/mol. The van der Waals surface area contributed by atoms with Crippen LogP contribution >= 0.6 is 0 Å². The maximum absolute atomic E-state index is 12.6. The lowest BCUT2D eigenvalue weighted by Gasteiger charge is -2.31. The molecule has 1 aromatic carbocycles. The zero-order valence-electron chi connectivity index (χ0n) is 13.4. The van der Waals surface area contributed by atoms with Crippen LogP contribution in [0, 0.1) is 6.92 Å². The zero-order valence-corrected chi connectivity index (χ0v) is 14.2. The predicted octanol–water partition coefficient (Wildman–Crippen LogP) is 2.77. The Hall–Kier alpha value is -1.56. The van der Waals surface area contributed by atoms with Gasteiger partial charge >= 0.3 is 0 Å². The third-order valence-corrected chi connectivity index (χ3v) is 4.81. The number of nitrogens with one attached hydrogen (secondary N) is 1. The molecule has 1 aliphatic carbocycles. The predicted molar refractivity (Wildman–Crippen MR) is 88.6 cm³/mol. The van der Waals surface area contributed by atoms with Crippen molar-refractivity contribution in [3.63, 3.8) is 0 Å². The lowest BCUT2D eigenvalue weighted by atomic mass is 9.94. The quantitative estimate of drug-likeness (QED) is 0.926. The summed E-state index contributed by atoms with van der Waals surface area (Å²) in [7, 11) is -1.52. The van der Waals surface area contributed by atoms with Crippen LogP contribution in [0.3, 0.4) is 0 Å². The normalized spacial score (nSPS) is 16.3. The van der Waals surface area contributed by atoms with Gasteiger partial charge in [0.2, 0.25) is 10.0 Å². The molecule has 1 saturated carbocycles. The molecule has 0 radical (unpaired) electrons. The molecule has 1 amide bonds. The Bertz CT molecular complexity index is 649. The van der Waals surface area contributed by atoms with Gasteiger partial charge in [-0.15, -0.1) is 0 Å². The first-order valence-corrected chi connectivity index (χ1v) is 9.52. The van der Waals surface area contributed by atoms with E-state index in [1.807, 2.05) is 14.0 Å². The molecule has 1 aromatic rings. The summed E-state index contributed by atoms with van der Waals surface area (Å²) in [5.74, 6) is -0.0524. The molecule has 122 valence electrons. The van der Waals surface area contributed by atoms with E-state index in [1.54, 1.807) is 23.1 Å². The lowest BCUT2D eigenvalue weighted by Crippen LogP contribution is -2.38. The number of anilines is 1. The number of rotatable bonds is 4. The fourth-order valence-electron chi connectivity index (χ4n) is 2.90. The highest BCUT2D eigenvalue weighted by Gasteiger charge is 2.23. The summed E-state index contributed by atoms with van der Waals surface area (Å²) in [5, 5.41) is 0. The molecular formula is C16H24N2O3S. The molecule has 6 heteroatoms. The van der Waals surface area contributed by atoms with Gasteiger partial charge in [0.15, 0.2) is 0 Å². The molecule has 1 fully saturated rings. The second-order valence-electron chi connectivity index (χ2n) is 6.11. The summed E-state index contributed by atoms with van der Waals surface area (Å²) in [4.78, 5) is 14.4. The second kappa shape index (κ2) is 6.69. The molecule has 1 N–H and O–H groups in total. The number of carbonyl (C=O) groups excluding carboxylic acids is 1. The van der Waals surface area contributed by atoms with Crippen LogP contribution in [0.2, 0.25) is 0 Å². The summed E-state index contributed by atoms with van der Waals surface area (Å²) in [6, 6.07) is 5.44. The van der Waals surface area contributed by atoms with Crippen molar-refractivity contribution in [2.45, 2.75) is 45.1 Å². The molecule has 0 atom stereocenters. The molecule has 0 aromatic heterocycles. The highest BCUT2D eigenvalue weighted by Crippen LogP contribution is 2.24. The number of nitrogens with zero attached hydrogens (tertiary/aromatic N) is 1. The number of amides is 1. The van der Waals surface area contributed by atoms with Gasteiger partial charge in [0, 0.05) is 18.7 Å². The first-order chi connectivity index (χ1) is 10.3. The van der Waals surface area contributed by atoms with E-state index in [2.05, 4.69) is 4.72 Å². The van der Waals surface area contributed by atoms with Gasteiger partial charge in [-0.1, -0.05) is 25.3 Å². The SMILES string of the molecule is Cc1ccc(C(=O)N(C)C2CCCCC2)cc1NS(C)(=O)=O. The largest absolute Gasteiger partial charge is 0.339 e. The fraction of sp³-hybridized carbons (Fsp3) is 0.562. The Morgan fingerprint density at radius 3 is 2.45 bits per heavy atom. The molecule has 1 aliphatic rings. The van der Waals surface area contributed by atoms with Crippen LogP contribution in [0.4, 0.5) is 5.69 Å². The van der Waals surface area contributed by atoms with Crippen molar-refractivity contribution in [1.82, 2.24) is 4.90 Å². The topological polar surface area (TPSA) is 66.5 Å². The van der Waals surface area contributed by atoms with Crippen LogP contribution < -0.4 is 4.72 Å². The standard InChI is InChI=1S/C16H24N2O3S/c1-12-9-10-13(11-15(12)17-22(3,20)21)16(19)18(2)14-7-5-4-6-8-14/h9-11,14,17H,4-8H2,1-3H3. The molecule has 5 nitrogen and oxygen atoms in total. The molecule has 0 spiro atoms. The minimum Gasteiger partial charge on any atom is -0.339 e. The Morgan fingerprint density at radius 1 is 1.23 bits per heavy atom. The van der Waals surface area contributed by atoms with E-state index in [9.17, 15) is 13.2 Å². The highest BCUT2D eigenvalue weighted by molar-refractivity contribution is 7.92. The fourth-order valence-corrected chi connectivity index (χ4v) is 3.52. The van der Waals surface area contributed by atoms with Crippen molar-refractivity contribution in [2.24, 2.45) is 0 Å². The first-order valence-electron chi connectivity index (χ1n) is 7.63. The van der Waals surface area contributed by atoms with Crippen molar-refractivity contribution in [2.75, 3.05) is 18.0 Å². The summed E-state index contributed by atoms with van der Waals surface area (Å²) in [6.07, 6.45) is 6.76. The molecule has 0 aliphatic heterocycles. The van der Waals surface area contributed by atoms with E-state index < -0.39 is 10.0 Å². The van der Waals surface area contributed by atoms with Crippen molar-refractivity contribution >= 4 is 21.6 Å². The van der Waals surface area contributed by atoms with Gasteiger partial charge in [-0.25, -0.2) is 8.42 Å².